The Kier molecular flexibility index (Phi) is 3.42. The summed E-state index contributed by atoms with van der Waals surface area (Å²) in [4.78, 5) is 16.8. The van der Waals surface area contributed by atoms with Crippen LogP contribution in [0.4, 0.5) is 0 Å². The summed E-state index contributed by atoms with van der Waals surface area (Å²) in [6.07, 6.45) is 2.53. The van der Waals surface area contributed by atoms with Gasteiger partial charge in [-0.3, -0.25) is 14.7 Å². The molecule has 15 heavy (non-hydrogen) atoms. The van der Waals surface area contributed by atoms with Crippen LogP contribution in [0.25, 0.3) is 0 Å². The lowest BCUT2D eigenvalue weighted by molar-refractivity contribution is 0.0341. The maximum absolute atomic E-state index is 10.4. The van der Waals surface area contributed by atoms with E-state index in [4.69, 9.17) is 4.74 Å². The second kappa shape index (κ2) is 5.00. The number of aldehydes is 1. The molecule has 0 N–H and O–H groups in total. The van der Waals surface area contributed by atoms with Gasteiger partial charge in [-0.1, -0.05) is 6.07 Å². The second-order valence-electron chi connectivity index (χ2n) is 3.60. The molecule has 1 saturated heterocycles. The summed E-state index contributed by atoms with van der Waals surface area (Å²) in [5.74, 6) is 0. The molecule has 80 valence electrons. The largest absolute Gasteiger partial charge is 0.379 e. The van der Waals surface area contributed by atoms with Crippen molar-refractivity contribution in [2.24, 2.45) is 0 Å². The van der Waals surface area contributed by atoms with Crippen LogP contribution >= 0.6 is 0 Å². The Morgan fingerprint density at radius 3 is 2.80 bits per heavy atom. The van der Waals surface area contributed by atoms with Crippen LogP contribution in [0.3, 0.4) is 0 Å². The van der Waals surface area contributed by atoms with Crippen molar-refractivity contribution in [3.63, 3.8) is 0 Å². The third kappa shape index (κ3) is 2.84. The summed E-state index contributed by atoms with van der Waals surface area (Å²) in [5, 5.41) is 0. The fraction of sp³-hybridized carbons (Fsp3) is 0.455. The molecule has 4 nitrogen and oxygen atoms in total. The second-order valence-corrected chi connectivity index (χ2v) is 3.60. The highest BCUT2D eigenvalue weighted by Crippen LogP contribution is 2.06. The fourth-order valence-corrected chi connectivity index (χ4v) is 1.62. The zero-order valence-corrected chi connectivity index (χ0v) is 8.56. The highest BCUT2D eigenvalue weighted by Gasteiger charge is 2.10. The molecule has 0 saturated carbocycles. The van der Waals surface area contributed by atoms with E-state index in [1.807, 2.05) is 6.07 Å². The summed E-state index contributed by atoms with van der Waals surface area (Å²) in [5.41, 5.74) is 1.63. The van der Waals surface area contributed by atoms with Crippen molar-refractivity contribution in [2.45, 2.75) is 6.54 Å². The molecular formula is C11H14N2O2. The third-order valence-electron chi connectivity index (χ3n) is 2.48. The smallest absolute Gasteiger partial charge is 0.168 e. The van der Waals surface area contributed by atoms with Gasteiger partial charge in [-0.05, 0) is 11.6 Å². The molecule has 0 radical (unpaired) electrons. The van der Waals surface area contributed by atoms with Crippen molar-refractivity contribution >= 4 is 6.29 Å². The molecule has 0 bridgehead atoms. The number of rotatable bonds is 3. The number of morpholine rings is 1. The van der Waals surface area contributed by atoms with Crippen LogP contribution in [-0.4, -0.2) is 42.5 Å². The van der Waals surface area contributed by atoms with Gasteiger partial charge in [-0.15, -0.1) is 0 Å². The quantitative estimate of drug-likeness (QED) is 0.684. The van der Waals surface area contributed by atoms with Gasteiger partial charge in [0.2, 0.25) is 0 Å². The number of nitrogens with zero attached hydrogens (tertiary/aromatic N) is 2. The van der Waals surface area contributed by atoms with Gasteiger partial charge in [0.15, 0.2) is 6.29 Å². The normalized spacial score (nSPS) is 17.6. The maximum Gasteiger partial charge on any atom is 0.168 e. The monoisotopic (exact) mass is 206 g/mol. The lowest BCUT2D eigenvalue weighted by Crippen LogP contribution is -2.35. The SMILES string of the molecule is O=Cc1ccc(CN2CCOCC2)cn1. The number of hydrogen-bond donors (Lipinski definition) is 0. The summed E-state index contributed by atoms with van der Waals surface area (Å²) >= 11 is 0. The average molecular weight is 206 g/mol. The van der Waals surface area contributed by atoms with Gasteiger partial charge < -0.3 is 4.74 Å². The van der Waals surface area contributed by atoms with E-state index in [-0.39, 0.29) is 0 Å². The predicted octanol–water partition coefficient (Wildman–Crippen LogP) is 0.726. The van der Waals surface area contributed by atoms with Crippen LogP contribution in [0.5, 0.6) is 0 Å². The Bertz CT molecular complexity index is 318. The van der Waals surface area contributed by atoms with Gasteiger partial charge in [-0.25, -0.2) is 0 Å². The number of ether oxygens (including phenoxy) is 1. The summed E-state index contributed by atoms with van der Waals surface area (Å²) in [6, 6.07) is 3.70. The summed E-state index contributed by atoms with van der Waals surface area (Å²) in [7, 11) is 0. The molecule has 0 aliphatic carbocycles. The standard InChI is InChI=1S/C11H14N2O2/c14-9-11-2-1-10(7-12-11)8-13-3-5-15-6-4-13/h1-2,7,9H,3-6,8H2. The molecule has 1 aliphatic rings. The van der Waals surface area contributed by atoms with Crippen molar-refractivity contribution in [2.75, 3.05) is 26.3 Å². The minimum atomic E-state index is 0.487. The van der Waals surface area contributed by atoms with E-state index in [1.54, 1.807) is 12.3 Å². The molecule has 2 heterocycles. The Morgan fingerprint density at radius 1 is 1.40 bits per heavy atom. The molecule has 0 atom stereocenters. The molecule has 4 heteroatoms. The van der Waals surface area contributed by atoms with Crippen LogP contribution < -0.4 is 0 Å². The first-order valence-corrected chi connectivity index (χ1v) is 5.09. The lowest BCUT2D eigenvalue weighted by atomic mass is 10.2. The topological polar surface area (TPSA) is 42.4 Å². The Labute approximate surface area is 88.9 Å². The zero-order chi connectivity index (χ0) is 10.5. The molecule has 1 aliphatic heterocycles. The molecule has 0 unspecified atom stereocenters. The van der Waals surface area contributed by atoms with Gasteiger partial charge >= 0.3 is 0 Å². The minimum absolute atomic E-state index is 0.487. The lowest BCUT2D eigenvalue weighted by Gasteiger charge is -2.26. The molecule has 1 aromatic rings. The summed E-state index contributed by atoms with van der Waals surface area (Å²) in [6.45, 7) is 4.43. The highest BCUT2D eigenvalue weighted by molar-refractivity contribution is 5.71. The van der Waals surface area contributed by atoms with Crippen molar-refractivity contribution < 1.29 is 9.53 Å². The van der Waals surface area contributed by atoms with Crippen LogP contribution in [0.15, 0.2) is 18.3 Å². The molecule has 0 spiro atoms. The van der Waals surface area contributed by atoms with Gasteiger partial charge in [0.25, 0.3) is 0 Å². The number of pyridine rings is 1. The first-order valence-electron chi connectivity index (χ1n) is 5.09. The summed E-state index contributed by atoms with van der Waals surface area (Å²) < 4.78 is 5.27. The van der Waals surface area contributed by atoms with E-state index in [2.05, 4.69) is 9.88 Å². The number of carbonyl (C=O) groups excluding carboxylic acids is 1. The number of carbonyl (C=O) groups is 1. The van der Waals surface area contributed by atoms with Crippen molar-refractivity contribution in [3.8, 4) is 0 Å². The number of aromatic nitrogens is 1. The fourth-order valence-electron chi connectivity index (χ4n) is 1.62. The Hall–Kier alpha value is -1.26. The van der Waals surface area contributed by atoms with Crippen LogP contribution in [0.1, 0.15) is 16.1 Å². The van der Waals surface area contributed by atoms with Gasteiger partial charge in [0.05, 0.1) is 13.2 Å². The van der Waals surface area contributed by atoms with Crippen LogP contribution in [-0.2, 0) is 11.3 Å². The highest BCUT2D eigenvalue weighted by atomic mass is 16.5. The molecule has 1 fully saturated rings. The molecule has 0 aromatic carbocycles. The van der Waals surface area contributed by atoms with E-state index in [0.29, 0.717) is 5.69 Å². The van der Waals surface area contributed by atoms with E-state index in [1.165, 1.54) is 0 Å². The molecular weight excluding hydrogens is 192 g/mol. The molecule has 0 amide bonds. The predicted molar refractivity (Wildman–Crippen MR) is 55.7 cm³/mol. The molecule has 1 aromatic heterocycles. The van der Waals surface area contributed by atoms with E-state index < -0.39 is 0 Å². The van der Waals surface area contributed by atoms with Crippen LogP contribution in [0.2, 0.25) is 0 Å². The Balaban J connectivity index is 1.94. The van der Waals surface area contributed by atoms with Gasteiger partial charge in [0.1, 0.15) is 5.69 Å². The van der Waals surface area contributed by atoms with E-state index >= 15 is 0 Å². The third-order valence-corrected chi connectivity index (χ3v) is 2.48. The Morgan fingerprint density at radius 2 is 2.20 bits per heavy atom. The van der Waals surface area contributed by atoms with Gasteiger partial charge in [-0.2, -0.15) is 0 Å². The van der Waals surface area contributed by atoms with Crippen molar-refractivity contribution in [1.29, 1.82) is 0 Å². The zero-order valence-electron chi connectivity index (χ0n) is 8.56. The van der Waals surface area contributed by atoms with Crippen LogP contribution in [0, 0.1) is 0 Å². The first kappa shape index (κ1) is 10.3. The first-order chi connectivity index (χ1) is 7.38. The van der Waals surface area contributed by atoms with Crippen molar-refractivity contribution in [3.05, 3.63) is 29.6 Å². The average Bonchev–Trinajstić information content (AvgIpc) is 2.31. The minimum Gasteiger partial charge on any atom is -0.379 e. The van der Waals surface area contributed by atoms with Crippen molar-refractivity contribution in [1.82, 2.24) is 9.88 Å². The maximum atomic E-state index is 10.4. The van der Waals surface area contributed by atoms with Gasteiger partial charge in [0, 0.05) is 25.8 Å². The molecule has 2 rings (SSSR count). The van der Waals surface area contributed by atoms with E-state index in [0.717, 1.165) is 44.7 Å². The number of hydrogen-bond acceptors (Lipinski definition) is 4. The van der Waals surface area contributed by atoms with E-state index in [9.17, 15) is 4.79 Å².